The van der Waals surface area contributed by atoms with Gasteiger partial charge in [0.15, 0.2) is 11.9 Å². The van der Waals surface area contributed by atoms with Crippen LogP contribution in [0.2, 0.25) is 0 Å². The average Bonchev–Trinajstić information content (AvgIpc) is 2.55. The molecule has 1 heterocycles. The van der Waals surface area contributed by atoms with Gasteiger partial charge in [0.05, 0.1) is 7.11 Å². The summed E-state index contributed by atoms with van der Waals surface area (Å²) in [4.78, 5) is 12.3. The van der Waals surface area contributed by atoms with Crippen LogP contribution in [0.3, 0.4) is 0 Å². The first-order valence-corrected chi connectivity index (χ1v) is 7.41. The first-order chi connectivity index (χ1) is 10.5. The summed E-state index contributed by atoms with van der Waals surface area (Å²) in [5.74, 6) is 0.823. The molecule has 4 nitrogen and oxygen atoms in total. The molecule has 4 heteroatoms. The summed E-state index contributed by atoms with van der Waals surface area (Å²) in [6.07, 6.45) is 1.94. The van der Waals surface area contributed by atoms with Crippen molar-refractivity contribution in [2.24, 2.45) is 0 Å². The van der Waals surface area contributed by atoms with E-state index < -0.39 is 0 Å². The molecule has 2 aromatic rings. The molecule has 116 valence electrons. The maximum absolute atomic E-state index is 12.3. The quantitative estimate of drug-likeness (QED) is 0.862. The number of rotatable bonds is 5. The molecule has 0 saturated carbocycles. The minimum atomic E-state index is -0.238. The first kappa shape index (κ1) is 16.0. The number of amides is 1. The molecule has 0 radical (unpaired) electrons. The Bertz CT molecular complexity index is 651. The summed E-state index contributed by atoms with van der Waals surface area (Å²) in [6, 6.07) is 11.5. The Morgan fingerprint density at radius 2 is 1.91 bits per heavy atom. The lowest BCUT2D eigenvalue weighted by atomic mass is 10.2. The SMILES string of the molecule is COc1ccc(CNC(=O)[C@@H](C)[n+]2cccc(C)c2C)cc1. The lowest BCUT2D eigenvalue weighted by Crippen LogP contribution is -2.48. The molecule has 1 aromatic carbocycles. The van der Waals surface area contributed by atoms with Gasteiger partial charge in [-0.3, -0.25) is 4.79 Å². The van der Waals surface area contributed by atoms with Crippen LogP contribution in [0.25, 0.3) is 0 Å². The van der Waals surface area contributed by atoms with E-state index in [0.29, 0.717) is 6.54 Å². The maximum atomic E-state index is 12.3. The van der Waals surface area contributed by atoms with Crippen molar-refractivity contribution in [3.63, 3.8) is 0 Å². The number of nitrogens with one attached hydrogen (secondary N) is 1. The zero-order valence-corrected chi connectivity index (χ0v) is 13.6. The Labute approximate surface area is 131 Å². The molecule has 0 bridgehead atoms. The highest BCUT2D eigenvalue weighted by atomic mass is 16.5. The van der Waals surface area contributed by atoms with E-state index in [-0.39, 0.29) is 11.9 Å². The van der Waals surface area contributed by atoms with E-state index in [0.717, 1.165) is 17.0 Å². The second kappa shape index (κ2) is 7.07. The Kier molecular flexibility index (Phi) is 5.15. The minimum absolute atomic E-state index is 0.00881. The van der Waals surface area contributed by atoms with Gasteiger partial charge < -0.3 is 10.1 Å². The molecule has 0 unspecified atom stereocenters. The van der Waals surface area contributed by atoms with Gasteiger partial charge in [-0.25, -0.2) is 0 Å². The van der Waals surface area contributed by atoms with Crippen LogP contribution in [-0.2, 0) is 11.3 Å². The number of nitrogens with zero attached hydrogens (tertiary/aromatic N) is 1. The number of methoxy groups -OCH3 is 1. The molecule has 0 fully saturated rings. The van der Waals surface area contributed by atoms with Crippen molar-refractivity contribution in [2.45, 2.75) is 33.4 Å². The summed E-state index contributed by atoms with van der Waals surface area (Å²) in [5, 5.41) is 2.98. The van der Waals surface area contributed by atoms with Crippen LogP contribution in [0.15, 0.2) is 42.6 Å². The minimum Gasteiger partial charge on any atom is -0.497 e. The van der Waals surface area contributed by atoms with Crippen LogP contribution in [-0.4, -0.2) is 13.0 Å². The van der Waals surface area contributed by atoms with E-state index in [2.05, 4.69) is 5.32 Å². The Morgan fingerprint density at radius 3 is 2.55 bits per heavy atom. The van der Waals surface area contributed by atoms with Crippen molar-refractivity contribution >= 4 is 5.91 Å². The Morgan fingerprint density at radius 1 is 1.23 bits per heavy atom. The number of ether oxygens (including phenoxy) is 1. The second-order valence-corrected chi connectivity index (χ2v) is 5.43. The fourth-order valence-corrected chi connectivity index (χ4v) is 2.34. The number of aryl methyl sites for hydroxylation is 1. The van der Waals surface area contributed by atoms with Crippen LogP contribution >= 0.6 is 0 Å². The van der Waals surface area contributed by atoms with Gasteiger partial charge in [-0.1, -0.05) is 12.1 Å². The van der Waals surface area contributed by atoms with Gasteiger partial charge >= 0.3 is 0 Å². The van der Waals surface area contributed by atoms with Crippen molar-refractivity contribution in [1.82, 2.24) is 5.32 Å². The summed E-state index contributed by atoms with van der Waals surface area (Å²) >= 11 is 0. The van der Waals surface area contributed by atoms with E-state index in [1.165, 1.54) is 5.56 Å². The van der Waals surface area contributed by atoms with E-state index in [1.807, 2.05) is 67.9 Å². The highest BCUT2D eigenvalue weighted by Crippen LogP contribution is 2.11. The fraction of sp³-hybridized carbons (Fsp3) is 0.333. The molecular formula is C18H23N2O2+. The van der Waals surface area contributed by atoms with Gasteiger partial charge in [0, 0.05) is 32.0 Å². The molecule has 2 rings (SSSR count). The third kappa shape index (κ3) is 3.64. The molecule has 1 atom stereocenters. The smallest absolute Gasteiger partial charge is 0.289 e. The lowest BCUT2D eigenvalue weighted by Gasteiger charge is -2.11. The van der Waals surface area contributed by atoms with E-state index in [4.69, 9.17) is 4.74 Å². The van der Waals surface area contributed by atoms with Gasteiger partial charge in [-0.15, -0.1) is 0 Å². The molecule has 0 saturated heterocycles. The molecule has 0 aliphatic rings. The third-order valence-electron chi connectivity index (χ3n) is 3.97. The highest BCUT2D eigenvalue weighted by molar-refractivity contribution is 5.78. The summed E-state index contributed by atoms with van der Waals surface area (Å²) in [7, 11) is 1.64. The van der Waals surface area contributed by atoms with Crippen LogP contribution in [0.4, 0.5) is 0 Å². The van der Waals surface area contributed by atoms with Crippen LogP contribution in [0.1, 0.15) is 29.8 Å². The van der Waals surface area contributed by atoms with E-state index in [9.17, 15) is 4.79 Å². The van der Waals surface area contributed by atoms with Crippen LogP contribution < -0.4 is 14.6 Å². The van der Waals surface area contributed by atoms with Crippen molar-refractivity contribution in [3.05, 3.63) is 59.4 Å². The molecule has 0 spiro atoms. The van der Waals surface area contributed by atoms with Crippen molar-refractivity contribution in [1.29, 1.82) is 0 Å². The van der Waals surface area contributed by atoms with Crippen LogP contribution in [0, 0.1) is 13.8 Å². The lowest BCUT2D eigenvalue weighted by molar-refractivity contribution is -0.712. The predicted molar refractivity (Wildman–Crippen MR) is 85.7 cm³/mol. The number of benzene rings is 1. The Hall–Kier alpha value is -2.36. The number of aromatic nitrogens is 1. The molecular weight excluding hydrogens is 276 g/mol. The zero-order valence-electron chi connectivity index (χ0n) is 13.6. The second-order valence-electron chi connectivity index (χ2n) is 5.43. The Balaban J connectivity index is 2.00. The number of carbonyl (C=O) groups excluding carboxylic acids is 1. The summed E-state index contributed by atoms with van der Waals surface area (Å²) < 4.78 is 7.12. The van der Waals surface area contributed by atoms with Gasteiger partial charge in [0.25, 0.3) is 5.91 Å². The number of hydrogen-bond donors (Lipinski definition) is 1. The predicted octanol–water partition coefficient (Wildman–Crippen LogP) is 2.48. The molecule has 1 amide bonds. The van der Waals surface area contributed by atoms with Crippen molar-refractivity contribution in [3.8, 4) is 5.75 Å². The zero-order chi connectivity index (χ0) is 16.1. The fourth-order valence-electron chi connectivity index (χ4n) is 2.34. The highest BCUT2D eigenvalue weighted by Gasteiger charge is 2.24. The largest absolute Gasteiger partial charge is 0.497 e. The molecule has 1 aromatic heterocycles. The van der Waals surface area contributed by atoms with Crippen LogP contribution in [0.5, 0.6) is 5.75 Å². The van der Waals surface area contributed by atoms with Gasteiger partial charge in [0.2, 0.25) is 6.04 Å². The summed E-state index contributed by atoms with van der Waals surface area (Å²) in [5.41, 5.74) is 3.33. The average molecular weight is 299 g/mol. The normalized spacial score (nSPS) is 11.8. The topological polar surface area (TPSA) is 42.2 Å². The maximum Gasteiger partial charge on any atom is 0.289 e. The molecule has 0 aliphatic carbocycles. The number of hydrogen-bond acceptors (Lipinski definition) is 2. The third-order valence-corrected chi connectivity index (χ3v) is 3.97. The van der Waals surface area contributed by atoms with E-state index >= 15 is 0 Å². The van der Waals surface area contributed by atoms with Crippen molar-refractivity contribution in [2.75, 3.05) is 7.11 Å². The van der Waals surface area contributed by atoms with Gasteiger partial charge in [0.1, 0.15) is 5.75 Å². The number of pyridine rings is 1. The monoisotopic (exact) mass is 299 g/mol. The van der Waals surface area contributed by atoms with Gasteiger partial charge in [-0.05, 0) is 30.7 Å². The molecule has 1 N–H and O–H groups in total. The molecule has 22 heavy (non-hydrogen) atoms. The molecule has 0 aliphatic heterocycles. The van der Waals surface area contributed by atoms with Gasteiger partial charge in [-0.2, -0.15) is 4.57 Å². The van der Waals surface area contributed by atoms with Crippen molar-refractivity contribution < 1.29 is 14.1 Å². The summed E-state index contributed by atoms with van der Waals surface area (Å²) in [6.45, 7) is 6.50. The standard InChI is InChI=1S/C18H22N2O2/c1-13-6-5-11-20(14(13)2)15(3)18(21)19-12-16-7-9-17(22-4)10-8-16/h5-11,15H,12H2,1-4H3/p+1/t15-/m1/s1. The number of carbonyl (C=O) groups is 1. The first-order valence-electron chi connectivity index (χ1n) is 7.41. The van der Waals surface area contributed by atoms with E-state index in [1.54, 1.807) is 7.11 Å².